The van der Waals surface area contributed by atoms with Gasteiger partial charge in [0.1, 0.15) is 0 Å². The number of terminal acetylenes is 1. The topological polar surface area (TPSA) is 0 Å². The van der Waals surface area contributed by atoms with E-state index in [4.69, 9.17) is 6.42 Å². The zero-order valence-electron chi connectivity index (χ0n) is 7.87. The van der Waals surface area contributed by atoms with Gasteiger partial charge >= 0.3 is 0 Å². The Labute approximate surface area is 80.8 Å². The van der Waals surface area contributed by atoms with Gasteiger partial charge < -0.3 is 0 Å². The van der Waals surface area contributed by atoms with Crippen LogP contribution < -0.4 is 0 Å². The summed E-state index contributed by atoms with van der Waals surface area (Å²) in [4.78, 5) is 0. The Morgan fingerprint density at radius 3 is 2.21 bits per heavy atom. The zero-order valence-corrected chi connectivity index (χ0v) is 7.87. The Balaban J connectivity index is 3.41. The Kier molecular flexibility index (Phi) is 2.57. The van der Waals surface area contributed by atoms with Gasteiger partial charge in [0.2, 0.25) is 0 Å². The highest BCUT2D eigenvalue weighted by atomic mass is 19.2. The van der Waals surface area contributed by atoms with Crippen LogP contribution in [-0.4, -0.2) is 0 Å². The molecule has 0 amide bonds. The van der Waals surface area contributed by atoms with Crippen molar-refractivity contribution in [1.82, 2.24) is 0 Å². The van der Waals surface area contributed by atoms with Gasteiger partial charge in [-0.05, 0) is 19.9 Å². The van der Waals surface area contributed by atoms with E-state index in [9.17, 15) is 13.2 Å². The molecular weight excluding hydrogens is 189 g/mol. The van der Waals surface area contributed by atoms with Crippen molar-refractivity contribution in [3.8, 4) is 12.3 Å². The highest BCUT2D eigenvalue weighted by molar-refractivity contribution is 5.34. The summed E-state index contributed by atoms with van der Waals surface area (Å²) in [5, 5.41) is 0. The average molecular weight is 198 g/mol. The molecule has 0 fully saturated rings. The van der Waals surface area contributed by atoms with E-state index in [0.717, 1.165) is 12.1 Å². The molecule has 0 saturated heterocycles. The number of hydrogen-bond donors (Lipinski definition) is 0. The minimum atomic E-state index is -1.48. The lowest BCUT2D eigenvalue weighted by atomic mass is 9.85. The molecule has 0 atom stereocenters. The van der Waals surface area contributed by atoms with Crippen molar-refractivity contribution in [3.63, 3.8) is 0 Å². The predicted octanol–water partition coefficient (Wildman–Crippen LogP) is 3.01. The normalized spacial score (nSPS) is 11.1. The van der Waals surface area contributed by atoms with Crippen molar-refractivity contribution in [2.75, 3.05) is 0 Å². The largest absolute Gasteiger partial charge is 0.204 e. The van der Waals surface area contributed by atoms with Crippen LogP contribution in [0.2, 0.25) is 0 Å². The van der Waals surface area contributed by atoms with Gasteiger partial charge in [-0.25, -0.2) is 13.2 Å². The molecule has 0 radical (unpaired) electrons. The van der Waals surface area contributed by atoms with E-state index in [0.29, 0.717) is 0 Å². The molecule has 0 aliphatic heterocycles. The Morgan fingerprint density at radius 1 is 1.14 bits per heavy atom. The van der Waals surface area contributed by atoms with Gasteiger partial charge in [-0.2, -0.15) is 0 Å². The molecule has 1 aromatic carbocycles. The second-order valence-corrected chi connectivity index (χ2v) is 3.49. The second-order valence-electron chi connectivity index (χ2n) is 3.49. The molecule has 0 aromatic heterocycles. The smallest absolute Gasteiger partial charge is 0.194 e. The molecule has 0 unspecified atom stereocenters. The van der Waals surface area contributed by atoms with Gasteiger partial charge in [-0.15, -0.1) is 6.42 Å². The van der Waals surface area contributed by atoms with E-state index in [2.05, 4.69) is 5.92 Å². The van der Waals surface area contributed by atoms with Gasteiger partial charge in [-0.3, -0.25) is 0 Å². The van der Waals surface area contributed by atoms with Gasteiger partial charge in [0.05, 0.1) is 5.41 Å². The molecule has 1 rings (SSSR count). The number of hydrogen-bond acceptors (Lipinski definition) is 0. The van der Waals surface area contributed by atoms with Gasteiger partial charge in [0.25, 0.3) is 0 Å². The van der Waals surface area contributed by atoms with E-state index < -0.39 is 22.9 Å². The molecule has 0 bridgehead atoms. The molecule has 3 heteroatoms. The van der Waals surface area contributed by atoms with Crippen molar-refractivity contribution in [2.24, 2.45) is 0 Å². The predicted molar refractivity (Wildman–Crippen MR) is 48.2 cm³/mol. The Morgan fingerprint density at radius 2 is 1.71 bits per heavy atom. The molecule has 0 spiro atoms. The number of rotatable bonds is 1. The minimum Gasteiger partial charge on any atom is -0.204 e. The summed E-state index contributed by atoms with van der Waals surface area (Å²) in [6.07, 6.45) is 5.16. The fraction of sp³-hybridized carbons (Fsp3) is 0.273. The highest BCUT2D eigenvalue weighted by Crippen LogP contribution is 2.27. The SMILES string of the molecule is C#CC(C)(C)c1ccc(F)c(F)c1F. The lowest BCUT2D eigenvalue weighted by Gasteiger charge is -2.18. The van der Waals surface area contributed by atoms with Crippen molar-refractivity contribution in [2.45, 2.75) is 19.3 Å². The highest BCUT2D eigenvalue weighted by Gasteiger charge is 2.25. The van der Waals surface area contributed by atoms with Crippen LogP contribution in [0.3, 0.4) is 0 Å². The maximum atomic E-state index is 13.2. The molecule has 1 aromatic rings. The molecule has 14 heavy (non-hydrogen) atoms. The lowest BCUT2D eigenvalue weighted by molar-refractivity contribution is 0.432. The van der Waals surface area contributed by atoms with Gasteiger partial charge in [0, 0.05) is 5.56 Å². The molecule has 74 valence electrons. The van der Waals surface area contributed by atoms with E-state index in [-0.39, 0.29) is 5.56 Å². The van der Waals surface area contributed by atoms with Gasteiger partial charge in [-0.1, -0.05) is 12.0 Å². The van der Waals surface area contributed by atoms with Crippen molar-refractivity contribution >= 4 is 0 Å². The quantitative estimate of drug-likeness (QED) is 0.480. The maximum absolute atomic E-state index is 13.2. The summed E-state index contributed by atoms with van der Waals surface area (Å²) in [5.74, 6) is -1.59. The fourth-order valence-corrected chi connectivity index (χ4v) is 1.09. The van der Waals surface area contributed by atoms with Crippen LogP contribution in [0.4, 0.5) is 13.2 Å². The van der Waals surface area contributed by atoms with Gasteiger partial charge in [0.15, 0.2) is 17.5 Å². The van der Waals surface area contributed by atoms with Crippen LogP contribution >= 0.6 is 0 Å². The van der Waals surface area contributed by atoms with Crippen LogP contribution in [0, 0.1) is 29.8 Å². The summed E-state index contributed by atoms with van der Waals surface area (Å²) in [7, 11) is 0. The molecule has 0 aliphatic carbocycles. The molecule has 0 nitrogen and oxygen atoms in total. The third-order valence-corrected chi connectivity index (χ3v) is 2.07. The second kappa shape index (κ2) is 3.38. The summed E-state index contributed by atoms with van der Waals surface area (Å²) in [6.45, 7) is 3.12. The summed E-state index contributed by atoms with van der Waals surface area (Å²) >= 11 is 0. The van der Waals surface area contributed by atoms with E-state index in [1.807, 2.05) is 0 Å². The third-order valence-electron chi connectivity index (χ3n) is 2.07. The zero-order chi connectivity index (χ0) is 10.9. The monoisotopic (exact) mass is 198 g/mol. The average Bonchev–Trinajstić information content (AvgIpc) is 2.14. The minimum absolute atomic E-state index is 0.0149. The van der Waals surface area contributed by atoms with Crippen LogP contribution in [0.25, 0.3) is 0 Å². The fourth-order valence-electron chi connectivity index (χ4n) is 1.09. The first kappa shape index (κ1) is 10.6. The Hall–Kier alpha value is -1.43. The first-order valence-electron chi connectivity index (χ1n) is 4.02. The first-order valence-corrected chi connectivity index (χ1v) is 4.02. The van der Waals surface area contributed by atoms with Crippen molar-refractivity contribution in [3.05, 3.63) is 35.1 Å². The van der Waals surface area contributed by atoms with E-state index >= 15 is 0 Å². The maximum Gasteiger partial charge on any atom is 0.194 e. The molecular formula is C11H9F3. The Bertz CT molecular complexity index is 400. The number of benzene rings is 1. The lowest BCUT2D eigenvalue weighted by Crippen LogP contribution is -2.17. The van der Waals surface area contributed by atoms with Crippen LogP contribution in [0.5, 0.6) is 0 Å². The summed E-state index contributed by atoms with van der Waals surface area (Å²) in [6, 6.07) is 2.03. The molecule has 0 saturated carbocycles. The van der Waals surface area contributed by atoms with E-state index in [1.54, 1.807) is 13.8 Å². The third kappa shape index (κ3) is 1.60. The first-order chi connectivity index (χ1) is 6.40. The summed E-state index contributed by atoms with van der Waals surface area (Å²) in [5.41, 5.74) is -0.961. The number of halogens is 3. The van der Waals surface area contributed by atoms with Crippen LogP contribution in [0.1, 0.15) is 19.4 Å². The van der Waals surface area contributed by atoms with Crippen molar-refractivity contribution < 1.29 is 13.2 Å². The van der Waals surface area contributed by atoms with E-state index in [1.165, 1.54) is 0 Å². The molecule has 0 N–H and O–H groups in total. The molecule has 0 heterocycles. The van der Waals surface area contributed by atoms with Crippen molar-refractivity contribution in [1.29, 1.82) is 0 Å². The van der Waals surface area contributed by atoms with Crippen LogP contribution in [0.15, 0.2) is 12.1 Å². The molecule has 0 aliphatic rings. The standard InChI is InChI=1S/C11H9F3/c1-4-11(2,3)7-5-6-8(12)10(14)9(7)13/h1,5-6H,2-3H3. The summed E-state index contributed by atoms with van der Waals surface area (Å²) < 4.78 is 38.7. The van der Waals surface area contributed by atoms with Crippen LogP contribution in [-0.2, 0) is 5.41 Å².